The van der Waals surface area contributed by atoms with E-state index in [2.05, 4.69) is 24.1 Å². The maximum Gasteiger partial charge on any atom is 0.243 e. The number of anilines is 1. The zero-order valence-corrected chi connectivity index (χ0v) is 18.6. The maximum absolute atomic E-state index is 13.1. The van der Waals surface area contributed by atoms with Crippen LogP contribution in [0.15, 0.2) is 59.5 Å². The Hall–Kier alpha value is -2.22. The van der Waals surface area contributed by atoms with E-state index >= 15 is 0 Å². The van der Waals surface area contributed by atoms with Gasteiger partial charge < -0.3 is 10.2 Å². The van der Waals surface area contributed by atoms with E-state index in [1.54, 1.807) is 24.3 Å². The Balaban J connectivity index is 1.75. The van der Waals surface area contributed by atoms with Crippen molar-refractivity contribution in [3.63, 3.8) is 0 Å². The number of nitrogens with zero attached hydrogens (tertiary/aromatic N) is 2. The van der Waals surface area contributed by atoms with Crippen LogP contribution in [0.1, 0.15) is 38.2 Å². The van der Waals surface area contributed by atoms with Crippen LogP contribution in [0, 0.1) is 0 Å². The highest BCUT2D eigenvalue weighted by molar-refractivity contribution is 7.89. The summed E-state index contributed by atoms with van der Waals surface area (Å²) in [4.78, 5) is 15.4. The summed E-state index contributed by atoms with van der Waals surface area (Å²) in [6.07, 6.45) is 1.61. The van der Waals surface area contributed by atoms with E-state index in [-0.39, 0.29) is 16.7 Å². The normalized spacial score (nSPS) is 16.9. The molecule has 1 heterocycles. The predicted molar refractivity (Wildman–Crippen MR) is 120 cm³/mol. The molecule has 1 amide bonds. The highest BCUT2D eigenvalue weighted by Crippen LogP contribution is 2.25. The number of hydrogen-bond acceptors (Lipinski definition) is 4. The van der Waals surface area contributed by atoms with E-state index in [1.165, 1.54) is 4.31 Å². The van der Waals surface area contributed by atoms with Crippen LogP contribution in [-0.4, -0.2) is 56.3 Å². The van der Waals surface area contributed by atoms with Gasteiger partial charge in [-0.2, -0.15) is 4.31 Å². The van der Waals surface area contributed by atoms with E-state index in [0.717, 1.165) is 38.0 Å². The first-order valence-electron chi connectivity index (χ1n) is 10.6. The number of carbonyl (C=O) groups is 1. The zero-order valence-electron chi connectivity index (χ0n) is 17.8. The summed E-state index contributed by atoms with van der Waals surface area (Å²) in [6, 6.07) is 16.3. The minimum absolute atomic E-state index is 0.117. The van der Waals surface area contributed by atoms with Crippen LogP contribution in [0.2, 0.25) is 0 Å². The molecule has 30 heavy (non-hydrogen) atoms. The first kappa shape index (κ1) is 22.5. The molecule has 162 valence electrons. The van der Waals surface area contributed by atoms with Crippen LogP contribution >= 0.6 is 0 Å². The summed E-state index contributed by atoms with van der Waals surface area (Å²) in [5, 5.41) is 2.93. The van der Waals surface area contributed by atoms with Gasteiger partial charge in [0.2, 0.25) is 15.9 Å². The number of benzene rings is 2. The van der Waals surface area contributed by atoms with Crippen molar-refractivity contribution in [3.05, 3.63) is 60.2 Å². The molecule has 1 N–H and O–H groups in total. The summed E-state index contributed by atoms with van der Waals surface area (Å²) in [5.41, 5.74) is 1.47. The van der Waals surface area contributed by atoms with Crippen molar-refractivity contribution < 1.29 is 13.2 Å². The minimum atomic E-state index is -3.58. The Morgan fingerprint density at radius 2 is 1.70 bits per heavy atom. The van der Waals surface area contributed by atoms with Crippen LogP contribution < -0.4 is 5.32 Å². The van der Waals surface area contributed by atoms with Gasteiger partial charge in [0.1, 0.15) is 0 Å². The molecule has 0 radical (unpaired) electrons. The third-order valence-electron chi connectivity index (χ3n) is 5.61. The van der Waals surface area contributed by atoms with Gasteiger partial charge >= 0.3 is 0 Å². The quantitative estimate of drug-likeness (QED) is 0.697. The Morgan fingerprint density at radius 1 is 1.00 bits per heavy atom. The lowest BCUT2D eigenvalue weighted by Crippen LogP contribution is -2.48. The number of hydrogen-bond donors (Lipinski definition) is 1. The highest BCUT2D eigenvalue weighted by Gasteiger charge is 2.28. The van der Waals surface area contributed by atoms with Gasteiger partial charge in [0.05, 0.1) is 10.8 Å². The Morgan fingerprint density at radius 3 is 2.33 bits per heavy atom. The Labute approximate surface area is 179 Å². The van der Waals surface area contributed by atoms with Gasteiger partial charge in [0.25, 0.3) is 0 Å². The van der Waals surface area contributed by atoms with E-state index in [0.29, 0.717) is 18.8 Å². The highest BCUT2D eigenvalue weighted by atomic mass is 32.2. The molecule has 0 bridgehead atoms. The lowest BCUT2D eigenvalue weighted by Gasteiger charge is -2.33. The third kappa shape index (κ3) is 5.28. The summed E-state index contributed by atoms with van der Waals surface area (Å²) in [6.45, 7) is 7.50. The molecule has 1 aliphatic heterocycles. The van der Waals surface area contributed by atoms with E-state index in [1.807, 2.05) is 30.3 Å². The molecule has 0 aliphatic carbocycles. The molecule has 1 saturated heterocycles. The predicted octanol–water partition coefficient (Wildman–Crippen LogP) is 3.54. The van der Waals surface area contributed by atoms with Crippen LogP contribution in [0.3, 0.4) is 0 Å². The Kier molecular flexibility index (Phi) is 7.64. The maximum atomic E-state index is 13.1. The van der Waals surface area contributed by atoms with Crippen molar-refractivity contribution in [2.24, 2.45) is 0 Å². The monoisotopic (exact) mass is 429 g/mol. The largest absolute Gasteiger partial charge is 0.326 e. The number of sulfonamides is 1. The lowest BCUT2D eigenvalue weighted by atomic mass is 9.93. The van der Waals surface area contributed by atoms with Gasteiger partial charge in [-0.25, -0.2) is 8.42 Å². The van der Waals surface area contributed by atoms with Gasteiger partial charge in [-0.1, -0.05) is 56.7 Å². The lowest BCUT2D eigenvalue weighted by molar-refractivity contribution is -0.117. The minimum Gasteiger partial charge on any atom is -0.326 e. The molecule has 1 atom stereocenters. The molecule has 0 spiro atoms. The topological polar surface area (TPSA) is 69.7 Å². The molecule has 3 rings (SSSR count). The second-order valence-electron chi connectivity index (χ2n) is 7.61. The summed E-state index contributed by atoms with van der Waals surface area (Å²) >= 11 is 0. The number of rotatable bonds is 8. The van der Waals surface area contributed by atoms with Gasteiger partial charge in [0, 0.05) is 31.9 Å². The second kappa shape index (κ2) is 10.2. The standard InChI is InChI=1S/C23H31N3O3S/c1-3-9-22(19-10-6-5-7-11-19)23(27)24-20-12-8-13-21(18-20)30(28,29)26-16-14-25(4-2)15-17-26/h5-8,10-13,18,22H,3-4,9,14-17H2,1-2H3,(H,24,27). The average molecular weight is 430 g/mol. The van der Waals surface area contributed by atoms with Crippen molar-refractivity contribution in [1.29, 1.82) is 0 Å². The number of carbonyl (C=O) groups excluding carboxylic acids is 1. The Bertz CT molecular complexity index is 939. The SMILES string of the molecule is CCCC(C(=O)Nc1cccc(S(=O)(=O)N2CCN(CC)CC2)c1)c1ccccc1. The van der Waals surface area contributed by atoms with E-state index < -0.39 is 10.0 Å². The van der Waals surface area contributed by atoms with Crippen molar-refractivity contribution in [2.45, 2.75) is 37.5 Å². The zero-order chi connectivity index (χ0) is 21.6. The van der Waals surface area contributed by atoms with Gasteiger partial charge in [-0.05, 0) is 36.7 Å². The smallest absolute Gasteiger partial charge is 0.243 e. The number of piperazine rings is 1. The first-order valence-corrected chi connectivity index (χ1v) is 12.1. The van der Waals surface area contributed by atoms with Gasteiger partial charge in [-0.3, -0.25) is 4.79 Å². The molecule has 1 aliphatic rings. The van der Waals surface area contributed by atoms with E-state index in [4.69, 9.17) is 0 Å². The molecular weight excluding hydrogens is 398 g/mol. The number of amides is 1. The van der Waals surface area contributed by atoms with Crippen LogP contribution in [0.4, 0.5) is 5.69 Å². The molecule has 2 aromatic rings. The molecule has 0 saturated carbocycles. The fourth-order valence-electron chi connectivity index (χ4n) is 3.82. The molecule has 6 nitrogen and oxygen atoms in total. The molecular formula is C23H31N3O3S. The van der Waals surface area contributed by atoms with Gasteiger partial charge in [0.15, 0.2) is 0 Å². The number of nitrogens with one attached hydrogen (secondary N) is 1. The van der Waals surface area contributed by atoms with Crippen molar-refractivity contribution in [3.8, 4) is 0 Å². The van der Waals surface area contributed by atoms with Crippen LogP contribution in [0.5, 0.6) is 0 Å². The molecule has 7 heteroatoms. The summed E-state index contributed by atoms with van der Waals surface area (Å²) in [7, 11) is -3.58. The summed E-state index contributed by atoms with van der Waals surface area (Å²) in [5.74, 6) is -0.382. The fraction of sp³-hybridized carbons (Fsp3) is 0.435. The second-order valence-corrected chi connectivity index (χ2v) is 9.55. The summed E-state index contributed by atoms with van der Waals surface area (Å²) < 4.78 is 27.7. The first-order chi connectivity index (χ1) is 14.5. The fourth-order valence-corrected chi connectivity index (χ4v) is 5.29. The average Bonchev–Trinajstić information content (AvgIpc) is 2.78. The molecule has 2 aromatic carbocycles. The van der Waals surface area contributed by atoms with Crippen LogP contribution in [0.25, 0.3) is 0 Å². The van der Waals surface area contributed by atoms with Crippen molar-refractivity contribution in [2.75, 3.05) is 38.0 Å². The van der Waals surface area contributed by atoms with Crippen LogP contribution in [-0.2, 0) is 14.8 Å². The molecule has 1 unspecified atom stereocenters. The molecule has 1 fully saturated rings. The number of likely N-dealkylation sites (N-methyl/N-ethyl adjacent to an activating group) is 1. The molecule has 0 aromatic heterocycles. The van der Waals surface area contributed by atoms with Gasteiger partial charge in [-0.15, -0.1) is 0 Å². The van der Waals surface area contributed by atoms with E-state index in [9.17, 15) is 13.2 Å². The third-order valence-corrected chi connectivity index (χ3v) is 7.51. The van der Waals surface area contributed by atoms with Crippen molar-refractivity contribution >= 4 is 21.6 Å². The van der Waals surface area contributed by atoms with Crippen molar-refractivity contribution in [1.82, 2.24) is 9.21 Å².